The number of amides is 1. The molecule has 3 N–H and O–H groups in total. The molecule has 5 aromatic rings. The summed E-state index contributed by atoms with van der Waals surface area (Å²) in [5.74, 6) is 1.32. The van der Waals surface area contributed by atoms with Crippen molar-refractivity contribution in [3.8, 4) is 17.0 Å². The number of hydrogen-bond donors (Lipinski definition) is 3. The van der Waals surface area contributed by atoms with Gasteiger partial charge in [-0.25, -0.2) is 4.98 Å². The predicted octanol–water partition coefficient (Wildman–Crippen LogP) is 3.71. The molecule has 1 saturated carbocycles. The lowest BCUT2D eigenvalue weighted by Crippen LogP contribution is -2.15. The fraction of sp³-hybridized carbons (Fsp3) is 0.138. The number of fused-ring (bicyclic) bond motifs is 1. The van der Waals surface area contributed by atoms with Crippen molar-refractivity contribution in [3.63, 3.8) is 0 Å². The molecule has 0 unspecified atom stereocenters. The molecule has 182 valence electrons. The molecule has 0 spiro atoms. The number of para-hydroxylation sites is 1. The number of rotatable bonds is 7. The summed E-state index contributed by atoms with van der Waals surface area (Å²) in [6, 6.07) is 27.1. The van der Waals surface area contributed by atoms with Gasteiger partial charge in [0, 0.05) is 36.0 Å². The van der Waals surface area contributed by atoms with Gasteiger partial charge in [0.15, 0.2) is 5.65 Å². The predicted molar refractivity (Wildman–Crippen MR) is 148 cm³/mol. The van der Waals surface area contributed by atoms with Gasteiger partial charge in [0.05, 0.1) is 5.69 Å². The number of nitrogens with zero attached hydrogens (tertiary/aromatic N) is 3. The topological polar surface area (TPSA) is 91.5 Å². The highest BCUT2D eigenvalue weighted by molar-refractivity contribution is 6.36. The normalized spacial score (nSPS) is 16.4. The van der Waals surface area contributed by atoms with Crippen molar-refractivity contribution in [3.05, 3.63) is 102 Å². The Hall–Kier alpha value is -4.59. The summed E-state index contributed by atoms with van der Waals surface area (Å²) >= 11 is 0. The maximum Gasteiger partial charge on any atom is 0.228 e. The van der Waals surface area contributed by atoms with Gasteiger partial charge in [-0.2, -0.15) is 9.61 Å². The van der Waals surface area contributed by atoms with Gasteiger partial charge in [-0.15, -0.1) is 0 Å². The minimum absolute atomic E-state index is 0.0187. The van der Waals surface area contributed by atoms with Crippen molar-refractivity contribution in [2.24, 2.45) is 5.92 Å². The zero-order chi connectivity index (χ0) is 25.4. The molecule has 1 aliphatic rings. The zero-order valence-corrected chi connectivity index (χ0v) is 20.4. The minimum atomic E-state index is 0.0187. The third-order valence-corrected chi connectivity index (χ3v) is 6.85. The monoisotopic (exact) mass is 487 g/mol. The summed E-state index contributed by atoms with van der Waals surface area (Å²) in [5, 5.41) is 21.4. The van der Waals surface area contributed by atoms with Gasteiger partial charge in [0.2, 0.25) is 5.91 Å². The van der Waals surface area contributed by atoms with Gasteiger partial charge in [-0.05, 0) is 53.2 Å². The van der Waals surface area contributed by atoms with Crippen LogP contribution in [0.3, 0.4) is 0 Å². The number of anilines is 2. The summed E-state index contributed by atoms with van der Waals surface area (Å²) in [7, 11) is 1.96. The van der Waals surface area contributed by atoms with E-state index in [0.717, 1.165) is 34.6 Å². The molecule has 1 fully saturated rings. The molecule has 8 heteroatoms. The van der Waals surface area contributed by atoms with Crippen molar-refractivity contribution in [1.82, 2.24) is 14.6 Å². The van der Waals surface area contributed by atoms with E-state index in [-0.39, 0.29) is 17.6 Å². The van der Waals surface area contributed by atoms with Gasteiger partial charge in [-0.3, -0.25) is 4.79 Å². The lowest BCUT2D eigenvalue weighted by atomic mass is 10.0. The Balaban J connectivity index is 1.18. The maximum absolute atomic E-state index is 12.8. The van der Waals surface area contributed by atoms with Crippen molar-refractivity contribution in [2.45, 2.75) is 18.9 Å². The highest BCUT2D eigenvalue weighted by Gasteiger charge is 2.43. The molecule has 2 heterocycles. The SMILES string of the molecule is Bc1cnn2c(NCc3cccc(NC(=O)[C@@H]4C[C@H]4c4ccccc4)c3)cc(-c3ccccc3O)nc12. The molecule has 1 aliphatic carbocycles. The molecular weight excluding hydrogens is 461 g/mol. The number of hydrogen-bond acceptors (Lipinski definition) is 5. The zero-order valence-electron chi connectivity index (χ0n) is 20.4. The number of nitrogens with one attached hydrogen (secondary N) is 2. The molecule has 2 aromatic heterocycles. The summed E-state index contributed by atoms with van der Waals surface area (Å²) in [5.41, 5.74) is 6.02. The first-order chi connectivity index (χ1) is 18.1. The molecular formula is C29H26BN5O2. The Kier molecular flexibility index (Phi) is 5.84. The third-order valence-electron chi connectivity index (χ3n) is 6.85. The van der Waals surface area contributed by atoms with Crippen LogP contribution in [0.5, 0.6) is 5.75 Å². The molecule has 1 amide bonds. The quantitative estimate of drug-likeness (QED) is 0.305. The van der Waals surface area contributed by atoms with Gasteiger partial charge >= 0.3 is 0 Å². The Morgan fingerprint density at radius 2 is 1.84 bits per heavy atom. The second-order valence-electron chi connectivity index (χ2n) is 9.51. The van der Waals surface area contributed by atoms with Gasteiger partial charge in [-0.1, -0.05) is 54.6 Å². The first-order valence-electron chi connectivity index (χ1n) is 12.4. The molecule has 2 atom stereocenters. The molecule has 0 radical (unpaired) electrons. The number of aromatic hydroxyl groups is 1. The van der Waals surface area contributed by atoms with Crippen molar-refractivity contribution in [2.75, 3.05) is 10.6 Å². The molecule has 0 bridgehead atoms. The standard InChI is InChI=1S/C29H26BN5O2/c30-24-17-32-35-27(15-25(34-28(24)35)21-11-4-5-12-26(21)36)31-16-18-7-6-10-20(13-18)33-29(37)23-14-22(23)19-8-2-1-3-9-19/h1-13,15,17,22-23,31,36H,14,16,30H2,(H,33,37)/t22-,23+/m0/s1. The van der Waals surface area contributed by atoms with Crippen LogP contribution in [0.1, 0.15) is 23.5 Å². The fourth-order valence-electron chi connectivity index (χ4n) is 4.77. The summed E-state index contributed by atoms with van der Waals surface area (Å²) < 4.78 is 1.77. The number of benzene rings is 3. The van der Waals surface area contributed by atoms with E-state index in [0.29, 0.717) is 23.7 Å². The summed E-state index contributed by atoms with van der Waals surface area (Å²) in [6.07, 6.45) is 2.66. The van der Waals surface area contributed by atoms with Crippen LogP contribution in [-0.4, -0.2) is 33.5 Å². The molecule has 6 rings (SSSR count). The summed E-state index contributed by atoms with van der Waals surface area (Å²) in [4.78, 5) is 17.6. The smallest absolute Gasteiger partial charge is 0.228 e. The van der Waals surface area contributed by atoms with Crippen molar-refractivity contribution in [1.29, 1.82) is 0 Å². The number of aromatic nitrogens is 3. The van der Waals surface area contributed by atoms with Crippen LogP contribution in [0.2, 0.25) is 0 Å². The Morgan fingerprint density at radius 3 is 2.68 bits per heavy atom. The van der Waals surface area contributed by atoms with Crippen LogP contribution in [-0.2, 0) is 11.3 Å². The lowest BCUT2D eigenvalue weighted by molar-refractivity contribution is -0.117. The molecule has 3 aromatic carbocycles. The number of phenolic OH excluding ortho intramolecular Hbond substituents is 1. The van der Waals surface area contributed by atoms with Crippen LogP contribution in [0.25, 0.3) is 16.9 Å². The van der Waals surface area contributed by atoms with E-state index in [1.807, 2.05) is 68.5 Å². The maximum atomic E-state index is 12.8. The number of phenols is 1. The Morgan fingerprint density at radius 1 is 1.03 bits per heavy atom. The highest BCUT2D eigenvalue weighted by Crippen LogP contribution is 2.47. The highest BCUT2D eigenvalue weighted by atomic mass is 16.3. The van der Waals surface area contributed by atoms with E-state index in [9.17, 15) is 9.90 Å². The van der Waals surface area contributed by atoms with E-state index in [4.69, 9.17) is 4.98 Å². The Bertz CT molecular complexity index is 1600. The third kappa shape index (κ3) is 4.65. The van der Waals surface area contributed by atoms with Gasteiger partial charge in [0.1, 0.15) is 19.4 Å². The van der Waals surface area contributed by atoms with Crippen LogP contribution in [0.4, 0.5) is 11.5 Å². The average Bonchev–Trinajstić information content (AvgIpc) is 3.65. The van der Waals surface area contributed by atoms with Crippen LogP contribution < -0.4 is 16.1 Å². The lowest BCUT2D eigenvalue weighted by Gasteiger charge is -2.13. The van der Waals surface area contributed by atoms with Gasteiger partial charge in [0.25, 0.3) is 0 Å². The second-order valence-corrected chi connectivity index (χ2v) is 9.51. The van der Waals surface area contributed by atoms with E-state index in [1.54, 1.807) is 22.8 Å². The summed E-state index contributed by atoms with van der Waals surface area (Å²) in [6.45, 7) is 0.526. The van der Waals surface area contributed by atoms with E-state index >= 15 is 0 Å². The fourth-order valence-corrected chi connectivity index (χ4v) is 4.77. The molecule has 0 saturated heterocycles. The van der Waals surface area contributed by atoms with Crippen LogP contribution >= 0.6 is 0 Å². The molecule has 0 aliphatic heterocycles. The van der Waals surface area contributed by atoms with Gasteiger partial charge < -0.3 is 15.7 Å². The van der Waals surface area contributed by atoms with Crippen LogP contribution in [0.15, 0.2) is 91.1 Å². The Labute approximate surface area is 215 Å². The largest absolute Gasteiger partial charge is 0.507 e. The molecule has 7 nitrogen and oxygen atoms in total. The number of carbonyl (C=O) groups is 1. The van der Waals surface area contributed by atoms with E-state index < -0.39 is 0 Å². The van der Waals surface area contributed by atoms with Crippen LogP contribution in [0, 0.1) is 5.92 Å². The second kappa shape index (κ2) is 9.46. The van der Waals surface area contributed by atoms with E-state index in [2.05, 4.69) is 27.9 Å². The molecule has 37 heavy (non-hydrogen) atoms. The van der Waals surface area contributed by atoms with E-state index in [1.165, 1.54) is 5.56 Å². The number of carbonyl (C=O) groups excluding carboxylic acids is 1. The van der Waals surface area contributed by atoms with Crippen molar-refractivity contribution < 1.29 is 9.90 Å². The average molecular weight is 487 g/mol. The van der Waals surface area contributed by atoms with Crippen molar-refractivity contribution >= 4 is 36.4 Å². The first kappa shape index (κ1) is 22.9. The first-order valence-corrected chi connectivity index (χ1v) is 12.4. The minimum Gasteiger partial charge on any atom is -0.507 e.